The second-order valence-corrected chi connectivity index (χ2v) is 7.38. The molecule has 0 saturated heterocycles. The van der Waals surface area contributed by atoms with E-state index in [0.717, 1.165) is 28.0 Å². The molecule has 1 saturated carbocycles. The summed E-state index contributed by atoms with van der Waals surface area (Å²) in [7, 11) is 0. The molecule has 8 nitrogen and oxygen atoms in total. The zero-order chi connectivity index (χ0) is 19.3. The molecular formula is C20H22ClN7O. The number of aliphatic hydroxyl groups excluding tert-OH is 1. The lowest BCUT2D eigenvalue weighted by atomic mass is 10.1. The Labute approximate surface area is 173 Å². The summed E-state index contributed by atoms with van der Waals surface area (Å²) < 4.78 is 1.78. The molecule has 9 heteroatoms. The molecule has 3 aromatic heterocycles. The SMILES string of the molecule is Cc1[nH]ncc1-c1nc([C@H]2C[C@H](N)[C@@H](O)C2)n(-c2ccc3ccccc3n2)n1.Cl. The summed E-state index contributed by atoms with van der Waals surface area (Å²) in [5.41, 5.74) is 8.70. The van der Waals surface area contributed by atoms with Crippen molar-refractivity contribution in [2.75, 3.05) is 0 Å². The molecular weight excluding hydrogens is 390 g/mol. The first-order chi connectivity index (χ1) is 13.6. The molecule has 4 N–H and O–H groups in total. The third-order valence-corrected chi connectivity index (χ3v) is 5.45. The zero-order valence-electron chi connectivity index (χ0n) is 15.9. The van der Waals surface area contributed by atoms with Crippen LogP contribution in [0.4, 0.5) is 0 Å². The number of benzene rings is 1. The molecule has 3 heterocycles. The van der Waals surface area contributed by atoms with E-state index in [2.05, 4.69) is 10.2 Å². The summed E-state index contributed by atoms with van der Waals surface area (Å²) in [5, 5.41) is 23.0. The van der Waals surface area contributed by atoms with Gasteiger partial charge in [0.05, 0.1) is 23.4 Å². The van der Waals surface area contributed by atoms with E-state index >= 15 is 0 Å². The number of fused-ring (bicyclic) bond motifs is 1. The van der Waals surface area contributed by atoms with Crippen molar-refractivity contribution in [3.63, 3.8) is 0 Å². The van der Waals surface area contributed by atoms with Crippen LogP contribution in [0.2, 0.25) is 0 Å². The Morgan fingerprint density at radius 2 is 1.97 bits per heavy atom. The van der Waals surface area contributed by atoms with E-state index < -0.39 is 6.10 Å². The van der Waals surface area contributed by atoms with E-state index in [4.69, 9.17) is 20.8 Å². The molecule has 0 spiro atoms. The van der Waals surface area contributed by atoms with Crippen molar-refractivity contribution < 1.29 is 5.11 Å². The van der Waals surface area contributed by atoms with Crippen molar-refractivity contribution in [3.8, 4) is 17.2 Å². The molecule has 0 unspecified atom stereocenters. The Balaban J connectivity index is 0.00000205. The fraction of sp³-hybridized carbons (Fsp3) is 0.300. The number of halogens is 1. The molecule has 0 aliphatic heterocycles. The first-order valence-electron chi connectivity index (χ1n) is 9.37. The van der Waals surface area contributed by atoms with Crippen LogP contribution in [0.5, 0.6) is 0 Å². The number of nitrogens with two attached hydrogens (primary N) is 1. The maximum atomic E-state index is 10.2. The van der Waals surface area contributed by atoms with Gasteiger partial charge in [-0.05, 0) is 38.0 Å². The third-order valence-electron chi connectivity index (χ3n) is 5.45. The number of nitrogens with one attached hydrogen (secondary N) is 1. The third kappa shape index (κ3) is 3.39. The van der Waals surface area contributed by atoms with Gasteiger partial charge in [-0.3, -0.25) is 5.10 Å². The van der Waals surface area contributed by atoms with Crippen molar-refractivity contribution >= 4 is 23.3 Å². The lowest BCUT2D eigenvalue weighted by Gasteiger charge is -2.11. The molecule has 1 aromatic carbocycles. The Morgan fingerprint density at radius 3 is 2.69 bits per heavy atom. The highest BCUT2D eigenvalue weighted by Gasteiger charge is 2.35. The van der Waals surface area contributed by atoms with Crippen LogP contribution in [-0.2, 0) is 0 Å². The van der Waals surface area contributed by atoms with E-state index in [9.17, 15) is 5.11 Å². The summed E-state index contributed by atoms with van der Waals surface area (Å²) in [6.07, 6.45) is 2.43. The van der Waals surface area contributed by atoms with E-state index in [-0.39, 0.29) is 24.4 Å². The van der Waals surface area contributed by atoms with Crippen LogP contribution in [0.1, 0.15) is 30.3 Å². The van der Waals surface area contributed by atoms with Crippen molar-refractivity contribution in [3.05, 3.63) is 54.1 Å². The number of pyridine rings is 1. The average Bonchev–Trinajstić information content (AvgIpc) is 3.40. The number of nitrogens with zero attached hydrogens (tertiary/aromatic N) is 5. The lowest BCUT2D eigenvalue weighted by molar-refractivity contribution is 0.163. The Morgan fingerprint density at radius 1 is 1.14 bits per heavy atom. The van der Waals surface area contributed by atoms with E-state index in [1.165, 1.54) is 0 Å². The summed E-state index contributed by atoms with van der Waals surface area (Å²) in [6.45, 7) is 1.94. The normalized spacial score (nSPS) is 21.4. The summed E-state index contributed by atoms with van der Waals surface area (Å²) in [6, 6.07) is 11.7. The number of hydrogen-bond acceptors (Lipinski definition) is 6. The largest absolute Gasteiger partial charge is 0.391 e. The predicted molar refractivity (Wildman–Crippen MR) is 112 cm³/mol. The molecule has 1 aliphatic carbocycles. The van der Waals surface area contributed by atoms with Crippen molar-refractivity contribution in [2.45, 2.75) is 37.8 Å². The van der Waals surface area contributed by atoms with Crippen molar-refractivity contribution in [1.82, 2.24) is 29.9 Å². The molecule has 0 bridgehead atoms. The van der Waals surface area contributed by atoms with Crippen LogP contribution in [0.25, 0.3) is 28.1 Å². The maximum absolute atomic E-state index is 10.2. The fourth-order valence-electron chi connectivity index (χ4n) is 3.88. The number of aryl methyl sites for hydroxylation is 1. The number of hydrogen-bond donors (Lipinski definition) is 3. The van der Waals surface area contributed by atoms with Crippen LogP contribution in [0, 0.1) is 6.92 Å². The second kappa shape index (κ2) is 7.55. The highest BCUT2D eigenvalue weighted by molar-refractivity contribution is 5.85. The zero-order valence-corrected chi connectivity index (χ0v) is 16.7. The average molecular weight is 412 g/mol. The molecule has 0 radical (unpaired) electrons. The van der Waals surface area contributed by atoms with Crippen LogP contribution >= 0.6 is 12.4 Å². The molecule has 4 aromatic rings. The van der Waals surface area contributed by atoms with Crippen LogP contribution in [0.15, 0.2) is 42.6 Å². The van der Waals surface area contributed by atoms with Crippen molar-refractivity contribution in [2.24, 2.45) is 5.73 Å². The van der Waals surface area contributed by atoms with Gasteiger partial charge >= 0.3 is 0 Å². The number of aliphatic hydroxyl groups is 1. The lowest BCUT2D eigenvalue weighted by Crippen LogP contribution is -2.28. The van der Waals surface area contributed by atoms with Gasteiger partial charge in [-0.15, -0.1) is 17.5 Å². The minimum absolute atomic E-state index is 0. The van der Waals surface area contributed by atoms with E-state index in [0.29, 0.717) is 24.5 Å². The first kappa shape index (κ1) is 19.5. The van der Waals surface area contributed by atoms with Crippen LogP contribution in [-0.4, -0.2) is 47.2 Å². The Bertz CT molecular complexity index is 1140. The fourth-order valence-corrected chi connectivity index (χ4v) is 3.88. The van der Waals surface area contributed by atoms with Gasteiger partial charge in [0, 0.05) is 23.0 Å². The van der Waals surface area contributed by atoms with Crippen LogP contribution in [0.3, 0.4) is 0 Å². The van der Waals surface area contributed by atoms with Gasteiger partial charge in [0.15, 0.2) is 11.6 Å². The molecule has 5 rings (SSSR count). The van der Waals surface area contributed by atoms with Crippen molar-refractivity contribution in [1.29, 1.82) is 0 Å². The van der Waals surface area contributed by atoms with Gasteiger partial charge in [0.1, 0.15) is 5.82 Å². The smallest absolute Gasteiger partial charge is 0.185 e. The predicted octanol–water partition coefficient (Wildman–Crippen LogP) is 2.50. The molecule has 150 valence electrons. The van der Waals surface area contributed by atoms with Gasteiger partial charge in [0.2, 0.25) is 0 Å². The summed E-state index contributed by atoms with van der Waals surface area (Å²) in [5.74, 6) is 2.08. The van der Waals surface area contributed by atoms with Gasteiger partial charge in [-0.1, -0.05) is 18.2 Å². The van der Waals surface area contributed by atoms with Gasteiger partial charge in [-0.2, -0.15) is 9.78 Å². The monoisotopic (exact) mass is 411 g/mol. The molecule has 1 aliphatic rings. The number of para-hydroxylation sites is 1. The topological polar surface area (TPSA) is 119 Å². The molecule has 29 heavy (non-hydrogen) atoms. The highest BCUT2D eigenvalue weighted by Crippen LogP contribution is 2.35. The number of aromatic nitrogens is 6. The van der Waals surface area contributed by atoms with Gasteiger partial charge in [0.25, 0.3) is 0 Å². The van der Waals surface area contributed by atoms with E-state index in [1.807, 2.05) is 43.3 Å². The molecule has 0 amide bonds. The summed E-state index contributed by atoms with van der Waals surface area (Å²) >= 11 is 0. The summed E-state index contributed by atoms with van der Waals surface area (Å²) in [4.78, 5) is 9.58. The Hall–Kier alpha value is -2.81. The second-order valence-electron chi connectivity index (χ2n) is 7.38. The quantitative estimate of drug-likeness (QED) is 0.476. The molecule has 1 fully saturated rings. The number of H-pyrrole nitrogens is 1. The minimum atomic E-state index is -0.529. The minimum Gasteiger partial charge on any atom is -0.391 e. The van der Waals surface area contributed by atoms with Gasteiger partial charge < -0.3 is 10.8 Å². The first-order valence-corrected chi connectivity index (χ1v) is 9.37. The Kier molecular flexibility index (Phi) is 5.08. The van der Waals surface area contributed by atoms with E-state index in [1.54, 1.807) is 10.9 Å². The molecule has 3 atom stereocenters. The van der Waals surface area contributed by atoms with Crippen LogP contribution < -0.4 is 5.73 Å². The number of rotatable bonds is 3. The maximum Gasteiger partial charge on any atom is 0.185 e. The highest BCUT2D eigenvalue weighted by atomic mass is 35.5. The van der Waals surface area contributed by atoms with Gasteiger partial charge in [-0.25, -0.2) is 9.97 Å². The standard InChI is InChI=1S/C20H21N7O.ClH/c1-11-14(10-22-25-11)19-24-20(13-8-15(21)17(28)9-13)27(26-19)18-7-6-12-4-2-3-5-16(12)23-18;/h2-7,10,13,15,17,28H,8-9,21H2,1H3,(H,22,25);1H/t13-,15-,17-;/m0./s1. The number of aromatic amines is 1.